The molecule has 0 atom stereocenters. The fourth-order valence-electron chi connectivity index (χ4n) is 4.16. The van der Waals surface area contributed by atoms with E-state index in [4.69, 9.17) is 23.2 Å². The van der Waals surface area contributed by atoms with Gasteiger partial charge in [0.25, 0.3) is 5.56 Å². The van der Waals surface area contributed by atoms with Crippen LogP contribution in [0.2, 0.25) is 10.0 Å². The van der Waals surface area contributed by atoms with Crippen LogP contribution in [-0.4, -0.2) is 13.7 Å². The van der Waals surface area contributed by atoms with Crippen molar-refractivity contribution in [3.63, 3.8) is 0 Å². The minimum Gasteiger partial charge on any atom is -0.342 e. The minimum absolute atomic E-state index is 0.285. The first-order chi connectivity index (χ1) is 12.9. The number of rotatable bonds is 2. The molecule has 4 rings (SSSR count). The van der Waals surface area contributed by atoms with Crippen molar-refractivity contribution in [2.45, 2.75) is 38.1 Å². The molecule has 0 saturated heterocycles. The molecule has 1 aromatic carbocycles. The van der Waals surface area contributed by atoms with Gasteiger partial charge in [-0.25, -0.2) is 4.79 Å². The Hall–Kier alpha value is -1.98. The summed E-state index contributed by atoms with van der Waals surface area (Å²) in [6.07, 6.45) is 7.58. The number of aryl methyl sites for hydroxylation is 1. The lowest BCUT2D eigenvalue weighted by atomic mass is 9.95. The Labute approximate surface area is 166 Å². The minimum atomic E-state index is -0.331. The molecule has 0 bridgehead atoms. The van der Waals surface area contributed by atoms with Crippen molar-refractivity contribution in [2.75, 3.05) is 0 Å². The molecule has 142 valence electrons. The van der Waals surface area contributed by atoms with Crippen molar-refractivity contribution in [1.82, 2.24) is 13.7 Å². The first-order valence-corrected chi connectivity index (χ1v) is 9.91. The predicted octanol–water partition coefficient (Wildman–Crippen LogP) is 4.52. The zero-order valence-corrected chi connectivity index (χ0v) is 16.8. The van der Waals surface area contributed by atoms with Crippen LogP contribution in [0.4, 0.5) is 0 Å². The van der Waals surface area contributed by atoms with Crippen molar-refractivity contribution < 1.29 is 0 Å². The topological polar surface area (TPSA) is 48.9 Å². The maximum atomic E-state index is 13.0. The van der Waals surface area contributed by atoms with Crippen LogP contribution in [0.1, 0.15) is 38.1 Å². The monoisotopic (exact) mass is 405 g/mol. The second-order valence-electron chi connectivity index (χ2n) is 7.27. The van der Waals surface area contributed by atoms with E-state index in [1.54, 1.807) is 19.2 Å². The van der Waals surface area contributed by atoms with Gasteiger partial charge in [-0.15, -0.1) is 0 Å². The number of hydrogen-bond acceptors (Lipinski definition) is 2. The number of halogens is 2. The van der Waals surface area contributed by atoms with E-state index in [1.165, 1.54) is 18.0 Å². The largest absolute Gasteiger partial charge is 0.342 e. The Kier molecular flexibility index (Phi) is 4.68. The summed E-state index contributed by atoms with van der Waals surface area (Å²) in [7, 11) is 3.21. The van der Waals surface area contributed by atoms with Gasteiger partial charge in [0.1, 0.15) is 0 Å². The van der Waals surface area contributed by atoms with Gasteiger partial charge in [-0.1, -0.05) is 42.5 Å². The highest BCUT2D eigenvalue weighted by Crippen LogP contribution is 2.39. The Morgan fingerprint density at radius 1 is 1.00 bits per heavy atom. The molecule has 0 radical (unpaired) electrons. The molecule has 0 unspecified atom stereocenters. The maximum Gasteiger partial charge on any atom is 0.330 e. The average Bonchev–Trinajstić information content (AvgIpc) is 3.06. The number of aromatic nitrogens is 3. The number of hydrogen-bond donors (Lipinski definition) is 0. The first-order valence-electron chi connectivity index (χ1n) is 9.16. The Balaban J connectivity index is 2.13. The summed E-state index contributed by atoms with van der Waals surface area (Å²) in [5, 5.41) is 1.56. The Bertz CT molecular complexity index is 1150. The normalized spacial score (nSPS) is 15.6. The van der Waals surface area contributed by atoms with Gasteiger partial charge >= 0.3 is 5.69 Å². The van der Waals surface area contributed by atoms with Crippen LogP contribution >= 0.6 is 23.2 Å². The van der Waals surface area contributed by atoms with Crippen molar-refractivity contribution in [3.8, 4) is 11.3 Å². The molecule has 1 aliphatic carbocycles. The lowest BCUT2D eigenvalue weighted by molar-refractivity contribution is 0.357. The van der Waals surface area contributed by atoms with Crippen molar-refractivity contribution in [1.29, 1.82) is 0 Å². The van der Waals surface area contributed by atoms with Crippen molar-refractivity contribution in [2.24, 2.45) is 14.1 Å². The van der Waals surface area contributed by atoms with Gasteiger partial charge < -0.3 is 4.57 Å². The summed E-state index contributed by atoms with van der Waals surface area (Å²) < 4.78 is 4.84. The quantitative estimate of drug-likeness (QED) is 0.629. The number of benzene rings is 1. The smallest absolute Gasteiger partial charge is 0.330 e. The standard InChI is InChI=1S/C20H21Cl2N3O2/c1-23-16-11-25(13-6-4-3-5-7-13)18(14-9-8-12(21)10-15(14)22)17(16)19(26)24(2)20(23)27/h8-11,13H,3-7H2,1-2H3. The van der Waals surface area contributed by atoms with Crippen LogP contribution in [0.5, 0.6) is 0 Å². The molecule has 0 aliphatic heterocycles. The number of nitrogens with zero attached hydrogens (tertiary/aromatic N) is 3. The van der Waals surface area contributed by atoms with Gasteiger partial charge in [0, 0.05) is 36.9 Å². The molecular weight excluding hydrogens is 385 g/mol. The van der Waals surface area contributed by atoms with Gasteiger partial charge in [-0.3, -0.25) is 13.9 Å². The summed E-state index contributed by atoms with van der Waals surface area (Å²) in [5.41, 5.74) is 1.53. The van der Waals surface area contributed by atoms with Gasteiger partial charge in [0.05, 0.1) is 21.6 Å². The third kappa shape index (κ3) is 2.93. The van der Waals surface area contributed by atoms with E-state index in [0.29, 0.717) is 20.9 Å². The van der Waals surface area contributed by atoms with Crippen molar-refractivity contribution in [3.05, 3.63) is 55.3 Å². The van der Waals surface area contributed by atoms with E-state index in [-0.39, 0.29) is 17.3 Å². The molecule has 1 fully saturated rings. The summed E-state index contributed by atoms with van der Waals surface area (Å²) in [6, 6.07) is 5.60. The molecule has 0 amide bonds. The van der Waals surface area contributed by atoms with Gasteiger partial charge in [0.15, 0.2) is 0 Å². The van der Waals surface area contributed by atoms with Gasteiger partial charge in [0.2, 0.25) is 0 Å². The molecule has 0 N–H and O–H groups in total. The molecule has 3 aromatic rings. The molecule has 2 heterocycles. The zero-order chi connectivity index (χ0) is 19.3. The van der Waals surface area contributed by atoms with E-state index < -0.39 is 0 Å². The fourth-order valence-corrected chi connectivity index (χ4v) is 4.66. The van der Waals surface area contributed by atoms with Gasteiger partial charge in [-0.05, 0) is 31.0 Å². The van der Waals surface area contributed by atoms with Crippen LogP contribution in [0.25, 0.3) is 22.2 Å². The van der Waals surface area contributed by atoms with Crippen LogP contribution in [-0.2, 0) is 14.1 Å². The van der Waals surface area contributed by atoms with E-state index in [1.807, 2.05) is 12.3 Å². The SMILES string of the molecule is Cn1c(=O)c2c(-c3ccc(Cl)cc3Cl)n(C3CCCCC3)cc2n(C)c1=O. The molecular formula is C20H21Cl2N3O2. The Morgan fingerprint density at radius 3 is 2.37 bits per heavy atom. The highest BCUT2D eigenvalue weighted by atomic mass is 35.5. The highest BCUT2D eigenvalue weighted by molar-refractivity contribution is 6.36. The fraction of sp³-hybridized carbons (Fsp3) is 0.400. The zero-order valence-electron chi connectivity index (χ0n) is 15.3. The van der Waals surface area contributed by atoms with E-state index in [2.05, 4.69) is 4.57 Å². The third-order valence-electron chi connectivity index (χ3n) is 5.62. The van der Waals surface area contributed by atoms with Gasteiger partial charge in [-0.2, -0.15) is 0 Å². The molecule has 7 heteroatoms. The molecule has 0 spiro atoms. The number of fused-ring (bicyclic) bond motifs is 1. The molecule has 27 heavy (non-hydrogen) atoms. The van der Waals surface area contributed by atoms with Crippen LogP contribution in [0.15, 0.2) is 34.0 Å². The van der Waals surface area contributed by atoms with Crippen LogP contribution in [0.3, 0.4) is 0 Å². The maximum absolute atomic E-state index is 13.0. The average molecular weight is 406 g/mol. The van der Waals surface area contributed by atoms with Crippen LogP contribution < -0.4 is 11.2 Å². The Morgan fingerprint density at radius 2 is 1.70 bits per heavy atom. The lowest BCUT2D eigenvalue weighted by Crippen LogP contribution is -2.36. The van der Waals surface area contributed by atoms with Crippen molar-refractivity contribution >= 4 is 34.1 Å². The lowest BCUT2D eigenvalue weighted by Gasteiger charge is -2.25. The van der Waals surface area contributed by atoms with E-state index in [9.17, 15) is 9.59 Å². The highest BCUT2D eigenvalue weighted by Gasteiger charge is 2.25. The molecule has 2 aromatic heterocycles. The second-order valence-corrected chi connectivity index (χ2v) is 8.11. The van der Waals surface area contributed by atoms with Crippen LogP contribution in [0, 0.1) is 0 Å². The molecule has 1 aliphatic rings. The summed E-state index contributed by atoms with van der Waals surface area (Å²) >= 11 is 12.6. The summed E-state index contributed by atoms with van der Waals surface area (Å²) in [6.45, 7) is 0. The predicted molar refractivity (Wildman–Crippen MR) is 110 cm³/mol. The van der Waals surface area contributed by atoms with E-state index in [0.717, 1.165) is 41.5 Å². The summed E-state index contributed by atoms with van der Waals surface area (Å²) in [4.78, 5) is 25.5. The summed E-state index contributed by atoms with van der Waals surface area (Å²) in [5.74, 6) is 0. The van der Waals surface area contributed by atoms with E-state index >= 15 is 0 Å². The second kappa shape index (κ2) is 6.88. The molecule has 5 nitrogen and oxygen atoms in total. The molecule has 1 saturated carbocycles. The first kappa shape index (κ1) is 18.4. The third-order valence-corrected chi connectivity index (χ3v) is 6.17.